The van der Waals surface area contributed by atoms with Crippen LogP contribution in [-0.4, -0.2) is 59.2 Å². The smallest absolute Gasteiger partial charge is 0.290 e. The number of anilines is 1. The summed E-state index contributed by atoms with van der Waals surface area (Å²) in [6.45, 7) is 3.61. The van der Waals surface area contributed by atoms with Crippen LogP contribution in [-0.2, 0) is 4.79 Å². The molecular formula is C13H14ClN5O2S. The first-order valence-electron chi connectivity index (χ1n) is 6.74. The summed E-state index contributed by atoms with van der Waals surface area (Å²) in [5.41, 5.74) is 0.515. The summed E-state index contributed by atoms with van der Waals surface area (Å²) in [7, 11) is 2.08. The minimum absolute atomic E-state index is 0.123. The van der Waals surface area contributed by atoms with Crippen LogP contribution in [0.5, 0.6) is 0 Å². The maximum atomic E-state index is 11.6. The lowest BCUT2D eigenvalue weighted by atomic mass is 10.3. The van der Waals surface area contributed by atoms with E-state index in [1.54, 1.807) is 12.1 Å². The molecular weight excluding hydrogens is 326 g/mol. The van der Waals surface area contributed by atoms with E-state index in [1.165, 1.54) is 0 Å². The van der Waals surface area contributed by atoms with Gasteiger partial charge in [0, 0.05) is 32.2 Å². The highest BCUT2D eigenvalue weighted by atomic mass is 35.5. The Labute approximate surface area is 136 Å². The summed E-state index contributed by atoms with van der Waals surface area (Å²) in [5, 5.41) is 1.95. The van der Waals surface area contributed by atoms with E-state index < -0.39 is 5.91 Å². The fourth-order valence-corrected chi connectivity index (χ4v) is 3.10. The average molecular weight is 340 g/mol. The van der Waals surface area contributed by atoms with Gasteiger partial charge < -0.3 is 9.80 Å². The van der Waals surface area contributed by atoms with Gasteiger partial charge in [-0.25, -0.2) is 9.97 Å². The van der Waals surface area contributed by atoms with Crippen molar-refractivity contribution in [2.24, 2.45) is 0 Å². The van der Waals surface area contributed by atoms with E-state index in [9.17, 15) is 9.59 Å². The third-order valence-electron chi connectivity index (χ3n) is 3.45. The third kappa shape index (κ3) is 3.40. The van der Waals surface area contributed by atoms with Gasteiger partial charge in [-0.1, -0.05) is 0 Å². The number of carbonyl (C=O) groups excluding carboxylic acids is 2. The van der Waals surface area contributed by atoms with Crippen LogP contribution in [0.4, 0.5) is 10.6 Å². The highest BCUT2D eigenvalue weighted by molar-refractivity contribution is 8.18. The molecule has 2 amide bonds. The van der Waals surface area contributed by atoms with Gasteiger partial charge in [-0.3, -0.25) is 14.9 Å². The molecule has 1 aromatic rings. The first-order valence-corrected chi connectivity index (χ1v) is 7.93. The molecule has 2 saturated heterocycles. The van der Waals surface area contributed by atoms with Crippen LogP contribution < -0.4 is 10.2 Å². The van der Waals surface area contributed by atoms with Gasteiger partial charge in [0.25, 0.3) is 11.1 Å². The first kappa shape index (κ1) is 15.3. The Hall–Kier alpha value is -1.64. The van der Waals surface area contributed by atoms with E-state index >= 15 is 0 Å². The van der Waals surface area contributed by atoms with Gasteiger partial charge in [-0.15, -0.1) is 0 Å². The lowest BCUT2D eigenvalue weighted by molar-refractivity contribution is -0.115. The molecule has 1 aromatic heterocycles. The van der Waals surface area contributed by atoms with Gasteiger partial charge in [0.2, 0.25) is 5.28 Å². The normalized spacial score (nSPS) is 21.5. The zero-order valence-electron chi connectivity index (χ0n) is 11.9. The zero-order chi connectivity index (χ0) is 15.7. The molecule has 2 aliphatic heterocycles. The minimum atomic E-state index is -0.411. The van der Waals surface area contributed by atoms with Gasteiger partial charge in [0.05, 0.1) is 10.6 Å². The average Bonchev–Trinajstić information content (AvgIpc) is 2.77. The lowest BCUT2D eigenvalue weighted by Crippen LogP contribution is -2.44. The molecule has 7 nitrogen and oxygen atoms in total. The van der Waals surface area contributed by atoms with Gasteiger partial charge in [0.15, 0.2) is 0 Å². The number of hydrogen-bond donors (Lipinski definition) is 1. The fraction of sp³-hybridized carbons (Fsp3) is 0.385. The largest absolute Gasteiger partial charge is 0.354 e. The standard InChI is InChI=1S/C13H14ClN5O2S/c1-18-2-4-19(5-3-18)10-7-8(15-12(14)16-10)6-9-11(20)17-13(21)22-9/h6-7H,2-5H2,1H3,(H,17,20,21)/b9-6+. The van der Waals surface area contributed by atoms with Crippen molar-refractivity contribution in [3.8, 4) is 0 Å². The predicted octanol–water partition coefficient (Wildman–Crippen LogP) is 1.21. The second-order valence-electron chi connectivity index (χ2n) is 5.06. The Kier molecular flexibility index (Phi) is 4.32. The third-order valence-corrected chi connectivity index (χ3v) is 4.43. The van der Waals surface area contributed by atoms with E-state index in [4.69, 9.17) is 11.6 Å². The summed E-state index contributed by atoms with van der Waals surface area (Å²) >= 11 is 6.84. The molecule has 0 aromatic carbocycles. The van der Waals surface area contributed by atoms with Crippen molar-refractivity contribution in [3.05, 3.63) is 21.9 Å². The van der Waals surface area contributed by atoms with Crippen molar-refractivity contribution in [2.45, 2.75) is 0 Å². The Morgan fingerprint density at radius 1 is 1.27 bits per heavy atom. The molecule has 3 heterocycles. The summed E-state index contributed by atoms with van der Waals surface area (Å²) in [6.07, 6.45) is 1.55. The van der Waals surface area contributed by atoms with Gasteiger partial charge >= 0.3 is 0 Å². The summed E-state index contributed by atoms with van der Waals surface area (Å²) < 4.78 is 0. The number of halogens is 1. The predicted molar refractivity (Wildman–Crippen MR) is 85.9 cm³/mol. The molecule has 0 spiro atoms. The van der Waals surface area contributed by atoms with Crippen LogP contribution in [0.15, 0.2) is 11.0 Å². The SMILES string of the molecule is CN1CCN(c2cc(/C=C3/SC(=O)NC3=O)nc(Cl)n2)CC1. The van der Waals surface area contributed by atoms with Crippen molar-refractivity contribution < 1.29 is 9.59 Å². The van der Waals surface area contributed by atoms with Crippen LogP contribution in [0.2, 0.25) is 5.28 Å². The molecule has 3 rings (SSSR count). The van der Waals surface area contributed by atoms with E-state index in [0.717, 1.165) is 43.8 Å². The number of nitrogens with one attached hydrogen (secondary N) is 1. The van der Waals surface area contributed by atoms with Crippen LogP contribution in [0.1, 0.15) is 5.69 Å². The summed E-state index contributed by atoms with van der Waals surface area (Å²) in [6, 6.07) is 1.78. The van der Waals surface area contributed by atoms with Crippen LogP contribution in [0.3, 0.4) is 0 Å². The number of thioether (sulfide) groups is 1. The Morgan fingerprint density at radius 3 is 2.64 bits per heavy atom. The van der Waals surface area contributed by atoms with E-state index in [-0.39, 0.29) is 10.5 Å². The van der Waals surface area contributed by atoms with Gasteiger partial charge in [-0.2, -0.15) is 0 Å². The number of carbonyl (C=O) groups is 2. The molecule has 0 unspecified atom stereocenters. The molecule has 0 saturated carbocycles. The zero-order valence-corrected chi connectivity index (χ0v) is 13.4. The second-order valence-corrected chi connectivity index (χ2v) is 6.42. The lowest BCUT2D eigenvalue weighted by Gasteiger charge is -2.33. The monoisotopic (exact) mass is 339 g/mol. The molecule has 22 heavy (non-hydrogen) atoms. The Balaban J connectivity index is 1.85. The maximum absolute atomic E-state index is 11.6. The molecule has 9 heteroatoms. The topological polar surface area (TPSA) is 78.4 Å². The van der Waals surface area contributed by atoms with E-state index in [1.807, 2.05) is 0 Å². The molecule has 2 aliphatic rings. The van der Waals surface area contributed by atoms with Crippen molar-refractivity contribution in [2.75, 3.05) is 38.1 Å². The minimum Gasteiger partial charge on any atom is -0.354 e. The highest BCUT2D eigenvalue weighted by Crippen LogP contribution is 2.26. The number of hydrogen-bond acceptors (Lipinski definition) is 7. The van der Waals surface area contributed by atoms with Crippen molar-refractivity contribution in [3.63, 3.8) is 0 Å². The molecule has 0 radical (unpaired) electrons. The number of aromatic nitrogens is 2. The molecule has 2 fully saturated rings. The fourth-order valence-electron chi connectivity index (χ4n) is 2.25. The number of imide groups is 1. The number of likely N-dealkylation sites (N-methyl/N-ethyl adjacent to an activating group) is 1. The molecule has 0 aliphatic carbocycles. The number of piperazine rings is 1. The highest BCUT2D eigenvalue weighted by Gasteiger charge is 2.25. The Morgan fingerprint density at radius 2 is 2.00 bits per heavy atom. The maximum Gasteiger partial charge on any atom is 0.290 e. The number of amides is 2. The van der Waals surface area contributed by atoms with Crippen molar-refractivity contribution >= 4 is 46.4 Å². The number of nitrogens with zero attached hydrogens (tertiary/aromatic N) is 4. The Bertz CT molecular complexity index is 658. The van der Waals surface area contributed by atoms with E-state index in [0.29, 0.717) is 10.6 Å². The quantitative estimate of drug-likeness (QED) is 0.640. The molecule has 0 atom stereocenters. The molecule has 116 valence electrons. The summed E-state index contributed by atoms with van der Waals surface area (Å²) in [5.74, 6) is 0.320. The van der Waals surface area contributed by atoms with Gasteiger partial charge in [0.1, 0.15) is 5.82 Å². The van der Waals surface area contributed by atoms with Gasteiger partial charge in [-0.05, 0) is 36.5 Å². The van der Waals surface area contributed by atoms with Crippen molar-refractivity contribution in [1.29, 1.82) is 0 Å². The van der Waals surface area contributed by atoms with E-state index in [2.05, 4.69) is 32.1 Å². The van der Waals surface area contributed by atoms with Crippen LogP contribution >= 0.6 is 23.4 Å². The molecule has 0 bridgehead atoms. The van der Waals surface area contributed by atoms with Crippen molar-refractivity contribution in [1.82, 2.24) is 20.2 Å². The first-order chi connectivity index (χ1) is 10.5. The molecule has 1 N–H and O–H groups in total. The second kappa shape index (κ2) is 6.23. The summed E-state index contributed by atoms with van der Waals surface area (Å²) in [4.78, 5) is 35.8. The van der Waals surface area contributed by atoms with Crippen LogP contribution in [0.25, 0.3) is 6.08 Å². The van der Waals surface area contributed by atoms with Crippen LogP contribution in [0, 0.1) is 0 Å². The number of rotatable bonds is 2.